The van der Waals surface area contributed by atoms with Crippen molar-refractivity contribution >= 4 is 17.3 Å². The smallest absolute Gasteiger partial charge is 0.227 e. The van der Waals surface area contributed by atoms with Crippen LogP contribution in [0.15, 0.2) is 48.5 Å². The van der Waals surface area contributed by atoms with Crippen LogP contribution in [0.25, 0.3) is 0 Å². The first-order chi connectivity index (χ1) is 10.8. The number of hydrogen-bond donors (Lipinski definition) is 1. The molecule has 2 aromatic rings. The van der Waals surface area contributed by atoms with Gasteiger partial charge in [-0.05, 0) is 36.2 Å². The third-order valence-electron chi connectivity index (χ3n) is 3.83. The van der Waals surface area contributed by atoms with Crippen LogP contribution >= 0.6 is 0 Å². The Kier molecular flexibility index (Phi) is 4.06. The van der Waals surface area contributed by atoms with E-state index in [1.165, 1.54) is 0 Å². The second kappa shape index (κ2) is 6.31. The lowest BCUT2D eigenvalue weighted by atomic mass is 10.1. The second-order valence-corrected chi connectivity index (χ2v) is 5.33. The fourth-order valence-electron chi connectivity index (χ4n) is 2.66. The van der Waals surface area contributed by atoms with Crippen molar-refractivity contribution in [2.24, 2.45) is 0 Å². The van der Waals surface area contributed by atoms with Crippen molar-refractivity contribution in [1.29, 1.82) is 5.26 Å². The van der Waals surface area contributed by atoms with Crippen LogP contribution in [0.1, 0.15) is 24.0 Å². The minimum Gasteiger partial charge on any atom is -0.379 e. The summed E-state index contributed by atoms with van der Waals surface area (Å²) in [7, 11) is 0. The van der Waals surface area contributed by atoms with Crippen LogP contribution in [-0.4, -0.2) is 12.5 Å². The van der Waals surface area contributed by atoms with Crippen molar-refractivity contribution in [3.8, 4) is 6.07 Å². The lowest BCUT2D eigenvalue weighted by molar-refractivity contribution is -0.117. The summed E-state index contributed by atoms with van der Waals surface area (Å²) in [6.45, 7) is 1.44. The molecule has 1 aliphatic heterocycles. The molecular weight excluding hydrogens is 274 g/mol. The zero-order valence-corrected chi connectivity index (χ0v) is 12.2. The van der Waals surface area contributed by atoms with Gasteiger partial charge in [0.05, 0.1) is 23.0 Å². The number of benzene rings is 2. The van der Waals surface area contributed by atoms with Gasteiger partial charge in [0.25, 0.3) is 0 Å². The van der Waals surface area contributed by atoms with Crippen molar-refractivity contribution in [2.75, 3.05) is 16.8 Å². The Hall–Kier alpha value is -2.80. The lowest BCUT2D eigenvalue weighted by Crippen LogP contribution is -2.24. The van der Waals surface area contributed by atoms with Crippen LogP contribution in [0.5, 0.6) is 0 Å². The molecule has 0 aliphatic carbocycles. The number of para-hydroxylation sites is 2. The second-order valence-electron chi connectivity index (χ2n) is 5.33. The van der Waals surface area contributed by atoms with Gasteiger partial charge in [-0.25, -0.2) is 0 Å². The molecule has 2 aromatic carbocycles. The van der Waals surface area contributed by atoms with Crippen LogP contribution in [0, 0.1) is 11.3 Å². The van der Waals surface area contributed by atoms with E-state index < -0.39 is 0 Å². The number of nitrogens with zero attached hydrogens (tertiary/aromatic N) is 2. The summed E-state index contributed by atoms with van der Waals surface area (Å²) < 4.78 is 0. The van der Waals surface area contributed by atoms with E-state index >= 15 is 0 Å². The molecule has 1 saturated heterocycles. The Labute approximate surface area is 130 Å². The van der Waals surface area contributed by atoms with Crippen molar-refractivity contribution in [1.82, 2.24) is 0 Å². The van der Waals surface area contributed by atoms with Gasteiger partial charge >= 0.3 is 0 Å². The van der Waals surface area contributed by atoms with Crippen molar-refractivity contribution in [3.05, 3.63) is 59.7 Å². The number of nitriles is 1. The molecule has 22 heavy (non-hydrogen) atoms. The summed E-state index contributed by atoms with van der Waals surface area (Å²) >= 11 is 0. The van der Waals surface area contributed by atoms with Crippen LogP contribution in [0.2, 0.25) is 0 Å². The number of carbonyl (C=O) groups excluding carboxylic acids is 1. The maximum Gasteiger partial charge on any atom is 0.227 e. The quantitative estimate of drug-likeness (QED) is 0.940. The van der Waals surface area contributed by atoms with Gasteiger partial charge in [-0.3, -0.25) is 4.79 Å². The molecule has 0 radical (unpaired) electrons. The largest absolute Gasteiger partial charge is 0.379 e. The zero-order chi connectivity index (χ0) is 15.4. The summed E-state index contributed by atoms with van der Waals surface area (Å²) in [5.41, 5.74) is 3.66. The summed E-state index contributed by atoms with van der Waals surface area (Å²) in [6.07, 6.45) is 1.55. The molecule has 0 bridgehead atoms. The summed E-state index contributed by atoms with van der Waals surface area (Å²) in [5.74, 6) is 0.188. The molecule has 3 rings (SSSR count). The van der Waals surface area contributed by atoms with Gasteiger partial charge in [0, 0.05) is 19.5 Å². The Balaban J connectivity index is 1.75. The molecule has 4 heteroatoms. The van der Waals surface area contributed by atoms with Gasteiger partial charge < -0.3 is 10.2 Å². The Morgan fingerprint density at radius 1 is 1.14 bits per heavy atom. The van der Waals surface area contributed by atoms with Gasteiger partial charge in [0.15, 0.2) is 0 Å². The first kappa shape index (κ1) is 14.2. The molecule has 0 atom stereocenters. The number of carbonyl (C=O) groups is 1. The molecule has 0 unspecified atom stereocenters. The van der Waals surface area contributed by atoms with Gasteiger partial charge in [0.2, 0.25) is 5.91 Å². The molecular formula is C18H17N3O. The highest BCUT2D eigenvalue weighted by Gasteiger charge is 2.23. The normalized spacial score (nSPS) is 14.0. The highest BCUT2D eigenvalue weighted by Crippen LogP contribution is 2.29. The minimum atomic E-state index is 0.188. The molecule has 4 nitrogen and oxygen atoms in total. The highest BCUT2D eigenvalue weighted by molar-refractivity contribution is 5.98. The van der Waals surface area contributed by atoms with E-state index in [0.717, 1.165) is 29.9 Å². The predicted octanol–water partition coefficient (Wildman–Crippen LogP) is 3.30. The van der Waals surface area contributed by atoms with Crippen LogP contribution in [0.3, 0.4) is 0 Å². The maximum atomic E-state index is 11.9. The predicted molar refractivity (Wildman–Crippen MR) is 86.5 cm³/mol. The van der Waals surface area contributed by atoms with E-state index in [4.69, 9.17) is 5.26 Å². The lowest BCUT2D eigenvalue weighted by Gasteiger charge is -2.20. The number of anilines is 2. The average Bonchev–Trinajstić information content (AvgIpc) is 2.99. The van der Waals surface area contributed by atoms with E-state index in [1.807, 2.05) is 53.4 Å². The Bertz CT molecular complexity index is 716. The molecule has 110 valence electrons. The van der Waals surface area contributed by atoms with Crippen LogP contribution < -0.4 is 10.2 Å². The summed E-state index contributed by atoms with van der Waals surface area (Å²) in [6, 6.07) is 17.5. The van der Waals surface area contributed by atoms with Gasteiger partial charge in [0.1, 0.15) is 0 Å². The van der Waals surface area contributed by atoms with Crippen LogP contribution in [0.4, 0.5) is 11.4 Å². The summed E-state index contributed by atoms with van der Waals surface area (Å²) in [4.78, 5) is 13.8. The van der Waals surface area contributed by atoms with E-state index in [2.05, 4.69) is 11.4 Å². The number of hydrogen-bond acceptors (Lipinski definition) is 3. The minimum absolute atomic E-state index is 0.188. The molecule has 1 heterocycles. The van der Waals surface area contributed by atoms with Crippen molar-refractivity contribution in [2.45, 2.75) is 19.4 Å². The monoisotopic (exact) mass is 291 g/mol. The maximum absolute atomic E-state index is 11.9. The van der Waals surface area contributed by atoms with E-state index in [1.54, 1.807) is 0 Å². The molecule has 0 aromatic heterocycles. The third kappa shape index (κ3) is 2.94. The molecule has 0 spiro atoms. The highest BCUT2D eigenvalue weighted by atomic mass is 16.2. The number of amides is 1. The van der Waals surface area contributed by atoms with Gasteiger partial charge in [-0.15, -0.1) is 0 Å². The Morgan fingerprint density at radius 3 is 2.59 bits per heavy atom. The zero-order valence-electron chi connectivity index (χ0n) is 12.2. The fourth-order valence-corrected chi connectivity index (χ4v) is 2.66. The molecule has 1 aliphatic rings. The number of nitrogens with one attached hydrogen (secondary N) is 1. The summed E-state index contributed by atoms with van der Waals surface area (Å²) in [5, 5.41) is 12.2. The van der Waals surface area contributed by atoms with Crippen molar-refractivity contribution in [3.63, 3.8) is 0 Å². The fraction of sp³-hybridized carbons (Fsp3) is 0.222. The Morgan fingerprint density at radius 2 is 1.91 bits per heavy atom. The van der Waals surface area contributed by atoms with E-state index in [9.17, 15) is 4.79 Å². The first-order valence-electron chi connectivity index (χ1n) is 7.40. The number of rotatable bonds is 4. The SMILES string of the molecule is N#Cc1ccc(CNc2ccccc2N2CCCC2=O)cc1. The molecule has 0 saturated carbocycles. The van der Waals surface area contributed by atoms with Gasteiger partial charge in [-0.2, -0.15) is 5.26 Å². The topological polar surface area (TPSA) is 56.1 Å². The molecule has 1 N–H and O–H groups in total. The third-order valence-corrected chi connectivity index (χ3v) is 3.83. The average molecular weight is 291 g/mol. The van der Waals surface area contributed by atoms with Gasteiger partial charge in [-0.1, -0.05) is 24.3 Å². The molecule has 1 fully saturated rings. The van der Waals surface area contributed by atoms with E-state index in [-0.39, 0.29) is 5.91 Å². The van der Waals surface area contributed by atoms with E-state index in [0.29, 0.717) is 18.5 Å². The standard InChI is InChI=1S/C18H17N3O/c19-12-14-7-9-15(10-8-14)13-20-16-4-1-2-5-17(16)21-11-3-6-18(21)22/h1-2,4-5,7-10,20H,3,6,11,13H2. The first-order valence-corrected chi connectivity index (χ1v) is 7.40. The molecule has 1 amide bonds. The van der Waals surface area contributed by atoms with Crippen molar-refractivity contribution < 1.29 is 4.79 Å². The van der Waals surface area contributed by atoms with Crippen LogP contribution in [-0.2, 0) is 11.3 Å².